The normalized spacial score (nSPS) is 19.0. The minimum absolute atomic E-state index is 0.0162. The van der Waals surface area contributed by atoms with E-state index in [1.807, 2.05) is 18.2 Å². The number of para-hydroxylation sites is 1. The summed E-state index contributed by atoms with van der Waals surface area (Å²) in [6, 6.07) is 7.36. The van der Waals surface area contributed by atoms with Gasteiger partial charge in [0.25, 0.3) is 5.22 Å². The van der Waals surface area contributed by atoms with Crippen LogP contribution in [0.3, 0.4) is 0 Å². The van der Waals surface area contributed by atoms with Gasteiger partial charge in [0.15, 0.2) is 0 Å². The van der Waals surface area contributed by atoms with Crippen molar-refractivity contribution in [3.8, 4) is 0 Å². The number of aromatic nitrogens is 2. The van der Waals surface area contributed by atoms with Gasteiger partial charge in [-0.05, 0) is 31.4 Å². The first-order chi connectivity index (χ1) is 14.4. The van der Waals surface area contributed by atoms with Crippen LogP contribution in [0.1, 0.15) is 24.8 Å². The van der Waals surface area contributed by atoms with E-state index >= 15 is 0 Å². The lowest BCUT2D eigenvalue weighted by Gasteiger charge is -2.29. The van der Waals surface area contributed by atoms with Crippen molar-refractivity contribution in [2.24, 2.45) is 10.9 Å². The van der Waals surface area contributed by atoms with Crippen molar-refractivity contribution in [2.45, 2.75) is 31.4 Å². The number of aliphatic imine (C=N–C) groups is 1. The number of benzene rings is 1. The number of amides is 4. The standard InChI is InChI=1S/C20H21N5O4S/c1-12-14(18(27)24(2)19(28)21-12)10-16-22-23-20(29-16)30-11-17(26)25-9-5-7-13-6-3-4-8-15(13)25/h3-4,6,8,14H,5,7,9-11H2,1-2H3. The van der Waals surface area contributed by atoms with Crippen molar-refractivity contribution in [3.63, 3.8) is 0 Å². The van der Waals surface area contributed by atoms with Gasteiger partial charge < -0.3 is 9.32 Å². The number of fused-ring (bicyclic) bond motifs is 1. The zero-order valence-corrected chi connectivity index (χ0v) is 17.5. The van der Waals surface area contributed by atoms with Crippen molar-refractivity contribution in [3.05, 3.63) is 35.7 Å². The van der Waals surface area contributed by atoms with E-state index in [4.69, 9.17) is 4.42 Å². The van der Waals surface area contributed by atoms with Crippen LogP contribution in [-0.4, -0.2) is 58.0 Å². The highest BCUT2D eigenvalue weighted by atomic mass is 32.2. The minimum atomic E-state index is -0.613. The van der Waals surface area contributed by atoms with Crippen molar-refractivity contribution in [1.82, 2.24) is 15.1 Å². The topological polar surface area (TPSA) is 109 Å². The Kier molecular flexibility index (Phi) is 5.67. The summed E-state index contributed by atoms with van der Waals surface area (Å²) in [5.41, 5.74) is 2.57. The van der Waals surface area contributed by atoms with Crippen LogP contribution in [0, 0.1) is 5.92 Å². The van der Waals surface area contributed by atoms with Crippen LogP contribution >= 0.6 is 11.8 Å². The minimum Gasteiger partial charge on any atom is -0.416 e. The second-order valence-electron chi connectivity index (χ2n) is 7.22. The summed E-state index contributed by atoms with van der Waals surface area (Å²) in [6.07, 6.45) is 2.07. The van der Waals surface area contributed by atoms with Crippen LogP contribution in [0.2, 0.25) is 0 Å². The zero-order valence-electron chi connectivity index (χ0n) is 16.7. The first-order valence-electron chi connectivity index (χ1n) is 9.64. The van der Waals surface area contributed by atoms with E-state index in [1.54, 1.807) is 11.8 Å². The van der Waals surface area contributed by atoms with Gasteiger partial charge in [-0.3, -0.25) is 14.5 Å². The fourth-order valence-electron chi connectivity index (χ4n) is 3.59. The lowest BCUT2D eigenvalue weighted by molar-refractivity contribution is -0.129. The number of carbonyl (C=O) groups is 3. The van der Waals surface area contributed by atoms with Gasteiger partial charge in [-0.15, -0.1) is 10.2 Å². The number of hydrogen-bond donors (Lipinski definition) is 0. The molecule has 30 heavy (non-hydrogen) atoms. The molecule has 0 bridgehead atoms. The molecule has 1 aromatic heterocycles. The van der Waals surface area contributed by atoms with Gasteiger partial charge in [0, 0.05) is 31.4 Å². The van der Waals surface area contributed by atoms with Gasteiger partial charge in [-0.1, -0.05) is 30.0 Å². The Bertz CT molecular complexity index is 1030. The molecule has 9 nitrogen and oxygen atoms in total. The molecule has 2 aliphatic heterocycles. The average Bonchev–Trinajstić information content (AvgIpc) is 3.20. The van der Waals surface area contributed by atoms with E-state index in [-0.39, 0.29) is 35.1 Å². The molecule has 4 amide bonds. The van der Waals surface area contributed by atoms with E-state index in [1.165, 1.54) is 24.4 Å². The van der Waals surface area contributed by atoms with Gasteiger partial charge in [0.2, 0.25) is 17.7 Å². The van der Waals surface area contributed by atoms with Crippen LogP contribution in [0.25, 0.3) is 0 Å². The van der Waals surface area contributed by atoms with Crippen LogP contribution in [0.15, 0.2) is 38.9 Å². The maximum Gasteiger partial charge on any atom is 0.349 e. The highest BCUT2D eigenvalue weighted by Gasteiger charge is 2.34. The summed E-state index contributed by atoms with van der Waals surface area (Å²) >= 11 is 1.17. The first kappa shape index (κ1) is 20.3. The number of imide groups is 1. The molecule has 0 spiro atoms. The summed E-state index contributed by atoms with van der Waals surface area (Å²) < 4.78 is 5.61. The van der Waals surface area contributed by atoms with Crippen LogP contribution in [0.5, 0.6) is 0 Å². The van der Waals surface area contributed by atoms with Gasteiger partial charge in [0.05, 0.1) is 11.7 Å². The second-order valence-corrected chi connectivity index (χ2v) is 8.14. The molecule has 0 fully saturated rings. The summed E-state index contributed by atoms with van der Waals surface area (Å²) in [4.78, 5) is 43.3. The lowest BCUT2D eigenvalue weighted by atomic mass is 9.97. The van der Waals surface area contributed by atoms with Crippen molar-refractivity contribution in [1.29, 1.82) is 0 Å². The number of carbonyl (C=O) groups excluding carboxylic acids is 3. The summed E-state index contributed by atoms with van der Waals surface area (Å²) in [6.45, 7) is 2.33. The number of thioether (sulfide) groups is 1. The monoisotopic (exact) mass is 427 g/mol. The first-order valence-corrected chi connectivity index (χ1v) is 10.6. The Balaban J connectivity index is 1.38. The number of anilines is 1. The number of hydrogen-bond acceptors (Lipinski definition) is 7. The molecule has 156 valence electrons. The van der Waals surface area contributed by atoms with Gasteiger partial charge in [0.1, 0.15) is 0 Å². The molecule has 3 heterocycles. The maximum absolute atomic E-state index is 12.7. The van der Waals surface area contributed by atoms with Gasteiger partial charge in [-0.2, -0.15) is 0 Å². The third-order valence-electron chi connectivity index (χ3n) is 5.25. The molecule has 0 saturated heterocycles. The van der Waals surface area contributed by atoms with Gasteiger partial charge in [-0.25, -0.2) is 9.79 Å². The Hall–Kier alpha value is -3.01. The van der Waals surface area contributed by atoms with E-state index in [9.17, 15) is 14.4 Å². The molecule has 1 unspecified atom stereocenters. The number of rotatable bonds is 5. The molecule has 2 aliphatic rings. The molecule has 1 atom stereocenters. The fourth-order valence-corrected chi connectivity index (χ4v) is 4.25. The summed E-state index contributed by atoms with van der Waals surface area (Å²) in [5.74, 6) is -0.534. The quantitative estimate of drug-likeness (QED) is 0.674. The van der Waals surface area contributed by atoms with Crippen molar-refractivity contribution in [2.75, 3.05) is 24.2 Å². The maximum atomic E-state index is 12.7. The predicted molar refractivity (Wildman–Crippen MR) is 111 cm³/mol. The largest absolute Gasteiger partial charge is 0.416 e. The Morgan fingerprint density at radius 1 is 1.27 bits per heavy atom. The third-order valence-corrected chi connectivity index (χ3v) is 6.05. The van der Waals surface area contributed by atoms with E-state index in [2.05, 4.69) is 21.3 Å². The second kappa shape index (κ2) is 8.39. The molecule has 1 aromatic carbocycles. The number of aryl methyl sites for hydroxylation is 1. The fraction of sp³-hybridized carbons (Fsp3) is 0.400. The average molecular weight is 427 g/mol. The zero-order chi connectivity index (χ0) is 21.3. The molecule has 4 rings (SSSR count). The molecular formula is C20H21N5O4S. The molecule has 0 N–H and O–H groups in total. The van der Waals surface area contributed by atoms with E-state index < -0.39 is 11.9 Å². The Morgan fingerprint density at radius 2 is 2.07 bits per heavy atom. The van der Waals surface area contributed by atoms with Crippen molar-refractivity contribution >= 4 is 41.0 Å². The van der Waals surface area contributed by atoms with Crippen LogP contribution in [-0.2, 0) is 22.4 Å². The number of nitrogens with zero attached hydrogens (tertiary/aromatic N) is 5. The third kappa shape index (κ3) is 4.00. The molecule has 0 radical (unpaired) electrons. The molecule has 2 aromatic rings. The van der Waals surface area contributed by atoms with E-state index in [0.717, 1.165) is 23.4 Å². The SMILES string of the molecule is CC1=NC(=O)N(C)C(=O)C1Cc1nnc(SCC(=O)N2CCCc3ccccc32)o1. The van der Waals surface area contributed by atoms with Gasteiger partial charge >= 0.3 is 6.03 Å². The van der Waals surface area contributed by atoms with E-state index in [0.29, 0.717) is 12.3 Å². The lowest BCUT2D eigenvalue weighted by Crippen LogP contribution is -2.44. The summed E-state index contributed by atoms with van der Waals surface area (Å²) in [7, 11) is 1.40. The van der Waals surface area contributed by atoms with Crippen LogP contribution in [0.4, 0.5) is 10.5 Å². The Morgan fingerprint density at radius 3 is 2.90 bits per heavy atom. The molecule has 10 heteroatoms. The number of urea groups is 1. The van der Waals surface area contributed by atoms with Crippen LogP contribution < -0.4 is 4.90 Å². The highest BCUT2D eigenvalue weighted by molar-refractivity contribution is 7.99. The molecular weight excluding hydrogens is 406 g/mol. The van der Waals surface area contributed by atoms with Crippen molar-refractivity contribution < 1.29 is 18.8 Å². The highest BCUT2D eigenvalue weighted by Crippen LogP contribution is 2.28. The smallest absolute Gasteiger partial charge is 0.349 e. The molecule has 0 aliphatic carbocycles. The predicted octanol–water partition coefficient (Wildman–Crippen LogP) is 2.35. The summed E-state index contributed by atoms with van der Waals surface area (Å²) in [5, 5.41) is 8.22. The molecule has 0 saturated carbocycles. The Labute approximate surface area is 177 Å².